The molecule has 1 aromatic heterocycles. The van der Waals surface area contributed by atoms with Crippen LogP contribution in [-0.2, 0) is 4.79 Å². The van der Waals surface area contributed by atoms with Crippen LogP contribution in [0.1, 0.15) is 17.5 Å². The largest absolute Gasteiger partial charge is 0.361 e. The average molecular weight is 363 g/mol. The van der Waals surface area contributed by atoms with Crippen molar-refractivity contribution < 1.29 is 4.79 Å². The molecule has 0 spiro atoms. The van der Waals surface area contributed by atoms with Gasteiger partial charge in [-0.2, -0.15) is 0 Å². The van der Waals surface area contributed by atoms with Crippen molar-refractivity contribution in [2.24, 2.45) is 0 Å². The van der Waals surface area contributed by atoms with Gasteiger partial charge in [0.05, 0.1) is 0 Å². The summed E-state index contributed by atoms with van der Waals surface area (Å²) in [5.41, 5.74) is 4.54. The van der Waals surface area contributed by atoms with Crippen molar-refractivity contribution in [2.45, 2.75) is 6.42 Å². The summed E-state index contributed by atoms with van der Waals surface area (Å²) in [6.45, 7) is 1.34. The molecule has 1 aliphatic rings. The van der Waals surface area contributed by atoms with Crippen molar-refractivity contribution in [3.8, 4) is 0 Å². The van der Waals surface area contributed by atoms with Crippen LogP contribution < -0.4 is 0 Å². The lowest BCUT2D eigenvalue weighted by molar-refractivity contribution is -0.125. The Morgan fingerprint density at radius 2 is 2.00 bits per heavy atom. The molecule has 1 aliphatic heterocycles. The van der Waals surface area contributed by atoms with Crippen LogP contribution in [0.2, 0.25) is 5.02 Å². The number of nitrogens with zero attached hydrogens (tertiary/aromatic N) is 1. The first-order chi connectivity index (χ1) is 12.7. The van der Waals surface area contributed by atoms with Gasteiger partial charge in [-0.15, -0.1) is 0 Å². The van der Waals surface area contributed by atoms with Gasteiger partial charge in [0, 0.05) is 46.9 Å². The molecule has 2 heterocycles. The number of aromatic nitrogens is 1. The minimum absolute atomic E-state index is 0.0473. The molecule has 2 aromatic carbocycles. The Morgan fingerprint density at radius 1 is 1.15 bits per heavy atom. The van der Waals surface area contributed by atoms with E-state index in [9.17, 15) is 4.79 Å². The van der Waals surface area contributed by atoms with Gasteiger partial charge in [-0.05, 0) is 41.8 Å². The van der Waals surface area contributed by atoms with Gasteiger partial charge in [-0.1, -0.05) is 48.0 Å². The summed E-state index contributed by atoms with van der Waals surface area (Å²) >= 11 is 6.14. The lowest BCUT2D eigenvalue weighted by atomic mass is 9.99. The number of carbonyl (C=O) groups excluding carboxylic acids is 1. The van der Waals surface area contributed by atoms with E-state index < -0.39 is 0 Å². The molecule has 3 aromatic rings. The number of aromatic amines is 1. The Balaban J connectivity index is 1.48. The Morgan fingerprint density at radius 3 is 2.77 bits per heavy atom. The van der Waals surface area contributed by atoms with Crippen LogP contribution in [0, 0.1) is 0 Å². The van der Waals surface area contributed by atoms with Gasteiger partial charge in [0.2, 0.25) is 5.91 Å². The lowest BCUT2D eigenvalue weighted by Gasteiger charge is -2.25. The van der Waals surface area contributed by atoms with Crippen molar-refractivity contribution in [1.82, 2.24) is 9.88 Å². The Labute approximate surface area is 157 Å². The van der Waals surface area contributed by atoms with Crippen LogP contribution in [0.5, 0.6) is 0 Å². The molecule has 1 amide bonds. The Hall–Kier alpha value is -2.78. The summed E-state index contributed by atoms with van der Waals surface area (Å²) in [5, 5.41) is 1.87. The van der Waals surface area contributed by atoms with Crippen LogP contribution in [0.15, 0.2) is 66.9 Å². The summed E-state index contributed by atoms with van der Waals surface area (Å²) < 4.78 is 0. The van der Waals surface area contributed by atoms with Gasteiger partial charge >= 0.3 is 0 Å². The fourth-order valence-electron chi connectivity index (χ4n) is 3.31. The van der Waals surface area contributed by atoms with E-state index in [2.05, 4.69) is 11.1 Å². The van der Waals surface area contributed by atoms with Crippen LogP contribution >= 0.6 is 11.6 Å². The normalized spacial score (nSPS) is 14.8. The number of carbonyl (C=O) groups is 1. The highest BCUT2D eigenvalue weighted by Gasteiger charge is 2.18. The second-order valence-electron chi connectivity index (χ2n) is 6.40. The number of hydrogen-bond donors (Lipinski definition) is 1. The Kier molecular flexibility index (Phi) is 4.63. The highest BCUT2D eigenvalue weighted by molar-refractivity contribution is 6.31. The van der Waals surface area contributed by atoms with Gasteiger partial charge < -0.3 is 9.88 Å². The molecule has 26 heavy (non-hydrogen) atoms. The standard InChI is InChI=1S/C22H19ClN2O/c23-18-7-8-21-19(14-18)20(15-24-21)17-10-12-25(13-11-17)22(26)9-6-16-4-2-1-3-5-16/h1-10,14-15,24H,11-13H2/b9-6+. The summed E-state index contributed by atoms with van der Waals surface area (Å²) in [5.74, 6) is 0.0473. The molecule has 0 atom stereocenters. The first kappa shape index (κ1) is 16.7. The SMILES string of the molecule is O=C(/C=C/c1ccccc1)N1CC=C(c2c[nH]c3ccc(Cl)cc23)CC1. The van der Waals surface area contributed by atoms with Gasteiger partial charge in [-0.25, -0.2) is 0 Å². The first-order valence-corrected chi connectivity index (χ1v) is 9.06. The maximum Gasteiger partial charge on any atom is 0.246 e. The van der Waals surface area contributed by atoms with Gasteiger partial charge in [-0.3, -0.25) is 4.79 Å². The van der Waals surface area contributed by atoms with E-state index in [0.717, 1.165) is 34.5 Å². The summed E-state index contributed by atoms with van der Waals surface area (Å²) in [4.78, 5) is 17.6. The molecular weight excluding hydrogens is 344 g/mol. The molecule has 0 fully saturated rings. The van der Waals surface area contributed by atoms with E-state index in [1.807, 2.05) is 65.7 Å². The average Bonchev–Trinajstić information content (AvgIpc) is 3.10. The van der Waals surface area contributed by atoms with Gasteiger partial charge in [0.1, 0.15) is 0 Å². The number of benzene rings is 2. The zero-order valence-corrected chi connectivity index (χ0v) is 15.0. The molecule has 0 saturated heterocycles. The molecule has 0 saturated carbocycles. The van der Waals surface area contributed by atoms with Crippen molar-refractivity contribution in [2.75, 3.05) is 13.1 Å². The number of fused-ring (bicyclic) bond motifs is 1. The fourth-order valence-corrected chi connectivity index (χ4v) is 3.48. The molecule has 4 heteroatoms. The predicted molar refractivity (Wildman–Crippen MR) is 108 cm³/mol. The third kappa shape index (κ3) is 3.44. The maximum atomic E-state index is 12.4. The van der Waals surface area contributed by atoms with E-state index in [-0.39, 0.29) is 5.91 Å². The summed E-state index contributed by atoms with van der Waals surface area (Å²) in [7, 11) is 0. The van der Waals surface area contributed by atoms with E-state index in [1.54, 1.807) is 6.08 Å². The van der Waals surface area contributed by atoms with Crippen molar-refractivity contribution in [3.63, 3.8) is 0 Å². The van der Waals surface area contributed by atoms with E-state index in [4.69, 9.17) is 11.6 Å². The molecule has 3 nitrogen and oxygen atoms in total. The topological polar surface area (TPSA) is 36.1 Å². The minimum Gasteiger partial charge on any atom is -0.361 e. The summed E-state index contributed by atoms with van der Waals surface area (Å²) in [6.07, 6.45) is 8.52. The van der Waals surface area contributed by atoms with Crippen molar-refractivity contribution >= 4 is 40.1 Å². The van der Waals surface area contributed by atoms with Crippen LogP contribution in [-0.4, -0.2) is 28.9 Å². The number of nitrogens with one attached hydrogen (secondary N) is 1. The van der Waals surface area contributed by atoms with Crippen LogP contribution in [0.3, 0.4) is 0 Å². The molecule has 0 bridgehead atoms. The van der Waals surface area contributed by atoms with E-state index in [0.29, 0.717) is 6.54 Å². The molecule has 0 radical (unpaired) electrons. The number of halogens is 1. The van der Waals surface area contributed by atoms with Crippen LogP contribution in [0.25, 0.3) is 22.6 Å². The number of amides is 1. The Bertz CT molecular complexity index is 1000. The van der Waals surface area contributed by atoms with Crippen molar-refractivity contribution in [1.29, 1.82) is 0 Å². The molecule has 0 aliphatic carbocycles. The molecule has 4 rings (SSSR count). The molecule has 130 valence electrons. The van der Waals surface area contributed by atoms with Gasteiger partial charge in [0.25, 0.3) is 0 Å². The minimum atomic E-state index is 0.0473. The third-order valence-corrected chi connectivity index (χ3v) is 4.96. The number of hydrogen-bond acceptors (Lipinski definition) is 1. The number of rotatable bonds is 3. The maximum absolute atomic E-state index is 12.4. The molecular formula is C22H19ClN2O. The third-order valence-electron chi connectivity index (χ3n) is 4.73. The molecule has 1 N–H and O–H groups in total. The monoisotopic (exact) mass is 362 g/mol. The second kappa shape index (κ2) is 7.22. The van der Waals surface area contributed by atoms with Crippen molar-refractivity contribution in [3.05, 3.63) is 83.0 Å². The quantitative estimate of drug-likeness (QED) is 0.642. The van der Waals surface area contributed by atoms with E-state index >= 15 is 0 Å². The zero-order chi connectivity index (χ0) is 17.9. The highest BCUT2D eigenvalue weighted by Crippen LogP contribution is 2.30. The second-order valence-corrected chi connectivity index (χ2v) is 6.84. The van der Waals surface area contributed by atoms with E-state index in [1.165, 1.54) is 11.1 Å². The zero-order valence-electron chi connectivity index (χ0n) is 14.3. The molecule has 0 unspecified atom stereocenters. The van der Waals surface area contributed by atoms with Crippen LogP contribution in [0.4, 0.5) is 0 Å². The predicted octanol–water partition coefficient (Wildman–Crippen LogP) is 5.15. The van der Waals surface area contributed by atoms with Gasteiger partial charge in [0.15, 0.2) is 0 Å². The summed E-state index contributed by atoms with van der Waals surface area (Å²) in [6, 6.07) is 15.7. The highest BCUT2D eigenvalue weighted by atomic mass is 35.5. The number of H-pyrrole nitrogens is 1. The smallest absolute Gasteiger partial charge is 0.246 e. The fraction of sp³-hybridized carbons (Fsp3) is 0.136. The first-order valence-electron chi connectivity index (χ1n) is 8.69. The lowest BCUT2D eigenvalue weighted by Crippen LogP contribution is -2.33.